The molecule has 2 amide bonds. The minimum absolute atomic E-state index is 0.0544. The molecule has 1 unspecified atom stereocenters. The number of nitrogens with zero attached hydrogens (tertiary/aromatic N) is 2. The van der Waals surface area contributed by atoms with Crippen molar-refractivity contribution in [1.29, 1.82) is 0 Å². The minimum atomic E-state index is -0.864. The van der Waals surface area contributed by atoms with E-state index in [-0.39, 0.29) is 17.7 Å². The predicted octanol–water partition coefficient (Wildman–Crippen LogP) is 1.34. The molecule has 0 aliphatic carbocycles. The van der Waals surface area contributed by atoms with Gasteiger partial charge in [-0.2, -0.15) is 0 Å². The zero-order valence-corrected chi connectivity index (χ0v) is 12.4. The lowest BCUT2D eigenvalue weighted by Gasteiger charge is -2.44. The number of pyridine rings is 1. The zero-order chi connectivity index (χ0) is 14.9. The molecule has 1 aromatic rings. The van der Waals surface area contributed by atoms with Crippen LogP contribution in [0.25, 0.3) is 0 Å². The molecule has 1 aliphatic heterocycles. The fraction of sp³-hybridized carbons (Fsp3) is 0.533. The van der Waals surface area contributed by atoms with Gasteiger partial charge in [-0.05, 0) is 31.9 Å². The Morgan fingerprint density at radius 2 is 2.05 bits per heavy atom. The van der Waals surface area contributed by atoms with Crippen LogP contribution < -0.4 is 5.32 Å². The topological polar surface area (TPSA) is 62.3 Å². The van der Waals surface area contributed by atoms with Crippen molar-refractivity contribution in [2.45, 2.75) is 45.8 Å². The van der Waals surface area contributed by atoms with Gasteiger partial charge in [0, 0.05) is 6.20 Å². The van der Waals surface area contributed by atoms with E-state index < -0.39 is 11.6 Å². The van der Waals surface area contributed by atoms with Crippen LogP contribution in [0.3, 0.4) is 0 Å². The van der Waals surface area contributed by atoms with Crippen molar-refractivity contribution in [2.75, 3.05) is 0 Å². The Morgan fingerprint density at radius 1 is 1.35 bits per heavy atom. The van der Waals surface area contributed by atoms with Crippen LogP contribution in [0.2, 0.25) is 0 Å². The highest BCUT2D eigenvalue weighted by Crippen LogP contribution is 2.24. The molecule has 0 aromatic carbocycles. The van der Waals surface area contributed by atoms with Gasteiger partial charge in [-0.15, -0.1) is 0 Å². The van der Waals surface area contributed by atoms with Gasteiger partial charge < -0.3 is 10.2 Å². The standard InChI is InChI=1S/C15H21N3O2/c1-10(2)12-13(19)17-15(3,4)14(20)18(12)9-11-7-5-6-8-16-11/h5-8,10,12H,9H2,1-4H3,(H,17,19). The number of piperazine rings is 1. The van der Waals surface area contributed by atoms with E-state index in [4.69, 9.17) is 0 Å². The van der Waals surface area contributed by atoms with Crippen molar-refractivity contribution in [3.63, 3.8) is 0 Å². The summed E-state index contributed by atoms with van der Waals surface area (Å²) in [7, 11) is 0. The Labute approximate surface area is 119 Å². The summed E-state index contributed by atoms with van der Waals surface area (Å²) in [6.07, 6.45) is 1.69. The number of rotatable bonds is 3. The van der Waals surface area contributed by atoms with E-state index >= 15 is 0 Å². The maximum absolute atomic E-state index is 12.6. The summed E-state index contributed by atoms with van der Waals surface area (Å²) in [5.41, 5.74) is -0.0749. The number of hydrogen-bond donors (Lipinski definition) is 1. The molecular weight excluding hydrogens is 254 g/mol. The average Bonchev–Trinajstić information content (AvgIpc) is 2.36. The lowest BCUT2D eigenvalue weighted by atomic mass is 9.91. The highest BCUT2D eigenvalue weighted by molar-refractivity contribution is 5.99. The maximum Gasteiger partial charge on any atom is 0.248 e. The van der Waals surface area contributed by atoms with Gasteiger partial charge in [0.05, 0.1) is 12.2 Å². The number of nitrogens with one attached hydrogen (secondary N) is 1. The molecule has 1 saturated heterocycles. The van der Waals surface area contributed by atoms with Gasteiger partial charge in [0.15, 0.2) is 0 Å². The molecule has 0 bridgehead atoms. The maximum atomic E-state index is 12.6. The molecule has 20 heavy (non-hydrogen) atoms. The molecule has 5 nitrogen and oxygen atoms in total. The summed E-state index contributed by atoms with van der Waals surface area (Å²) >= 11 is 0. The summed E-state index contributed by atoms with van der Waals surface area (Å²) in [6, 6.07) is 5.13. The molecule has 0 radical (unpaired) electrons. The van der Waals surface area contributed by atoms with Crippen molar-refractivity contribution in [3.05, 3.63) is 30.1 Å². The normalized spacial score (nSPS) is 22.1. The van der Waals surface area contributed by atoms with Gasteiger partial charge in [-0.3, -0.25) is 14.6 Å². The van der Waals surface area contributed by atoms with Gasteiger partial charge in [0.2, 0.25) is 11.8 Å². The predicted molar refractivity (Wildman–Crippen MR) is 75.6 cm³/mol. The quantitative estimate of drug-likeness (QED) is 0.905. The highest BCUT2D eigenvalue weighted by Gasteiger charge is 2.46. The minimum Gasteiger partial charge on any atom is -0.340 e. The number of hydrogen-bond acceptors (Lipinski definition) is 3. The van der Waals surface area contributed by atoms with E-state index in [1.165, 1.54) is 0 Å². The monoisotopic (exact) mass is 275 g/mol. The highest BCUT2D eigenvalue weighted by atomic mass is 16.2. The SMILES string of the molecule is CC(C)C1C(=O)NC(C)(C)C(=O)N1Cc1ccccn1. The summed E-state index contributed by atoms with van der Waals surface area (Å²) in [5, 5.41) is 2.80. The molecule has 0 saturated carbocycles. The summed E-state index contributed by atoms with van der Waals surface area (Å²) in [6.45, 7) is 7.71. The smallest absolute Gasteiger partial charge is 0.248 e. The molecule has 108 valence electrons. The number of carbonyl (C=O) groups is 2. The van der Waals surface area contributed by atoms with Gasteiger partial charge >= 0.3 is 0 Å². The van der Waals surface area contributed by atoms with Crippen LogP contribution in [0, 0.1) is 5.92 Å². The van der Waals surface area contributed by atoms with Gasteiger partial charge in [-0.1, -0.05) is 19.9 Å². The van der Waals surface area contributed by atoms with E-state index in [0.717, 1.165) is 5.69 Å². The molecule has 0 spiro atoms. The van der Waals surface area contributed by atoms with Crippen molar-refractivity contribution >= 4 is 11.8 Å². The van der Waals surface area contributed by atoms with Gasteiger partial charge in [-0.25, -0.2) is 0 Å². The van der Waals surface area contributed by atoms with Crippen molar-refractivity contribution in [1.82, 2.24) is 15.2 Å². The van der Waals surface area contributed by atoms with E-state index in [2.05, 4.69) is 10.3 Å². The van der Waals surface area contributed by atoms with E-state index in [0.29, 0.717) is 6.54 Å². The molecular formula is C15H21N3O2. The Hall–Kier alpha value is -1.91. The number of amides is 2. The van der Waals surface area contributed by atoms with Crippen LogP contribution in [-0.2, 0) is 16.1 Å². The Kier molecular flexibility index (Phi) is 3.79. The third-order valence-electron chi connectivity index (χ3n) is 3.53. The van der Waals surface area contributed by atoms with Crippen LogP contribution in [0.4, 0.5) is 0 Å². The van der Waals surface area contributed by atoms with Crippen molar-refractivity contribution in [2.24, 2.45) is 5.92 Å². The van der Waals surface area contributed by atoms with Crippen molar-refractivity contribution < 1.29 is 9.59 Å². The molecule has 2 rings (SSSR count). The molecule has 1 aromatic heterocycles. The number of aromatic nitrogens is 1. The van der Waals surface area contributed by atoms with E-state index in [1.807, 2.05) is 32.0 Å². The van der Waals surface area contributed by atoms with Crippen LogP contribution in [0.1, 0.15) is 33.4 Å². The first-order valence-electron chi connectivity index (χ1n) is 6.86. The van der Waals surface area contributed by atoms with Crippen LogP contribution >= 0.6 is 0 Å². The molecule has 1 atom stereocenters. The third kappa shape index (κ3) is 2.66. The lowest BCUT2D eigenvalue weighted by molar-refractivity contribution is -0.156. The second-order valence-electron chi connectivity index (χ2n) is 6.06. The summed E-state index contributed by atoms with van der Waals surface area (Å²) < 4.78 is 0. The molecule has 1 N–H and O–H groups in total. The van der Waals surface area contributed by atoms with Crippen molar-refractivity contribution in [3.8, 4) is 0 Å². The Morgan fingerprint density at radius 3 is 2.60 bits per heavy atom. The first-order chi connectivity index (χ1) is 9.33. The summed E-state index contributed by atoms with van der Waals surface area (Å²) in [5.74, 6) is -0.110. The van der Waals surface area contributed by atoms with Crippen LogP contribution in [-0.4, -0.2) is 33.3 Å². The fourth-order valence-corrected chi connectivity index (χ4v) is 2.56. The largest absolute Gasteiger partial charge is 0.340 e. The van der Waals surface area contributed by atoms with Crippen LogP contribution in [0.5, 0.6) is 0 Å². The first-order valence-corrected chi connectivity index (χ1v) is 6.86. The second kappa shape index (κ2) is 5.23. The average molecular weight is 275 g/mol. The molecule has 5 heteroatoms. The third-order valence-corrected chi connectivity index (χ3v) is 3.53. The molecule has 1 fully saturated rings. The second-order valence-corrected chi connectivity index (χ2v) is 6.06. The number of carbonyl (C=O) groups excluding carboxylic acids is 2. The van der Waals surface area contributed by atoms with E-state index in [9.17, 15) is 9.59 Å². The fourth-order valence-electron chi connectivity index (χ4n) is 2.56. The van der Waals surface area contributed by atoms with Crippen LogP contribution in [0.15, 0.2) is 24.4 Å². The Bertz CT molecular complexity index is 511. The molecule has 1 aliphatic rings. The molecule has 2 heterocycles. The summed E-state index contributed by atoms with van der Waals surface area (Å²) in [4.78, 5) is 30.8. The van der Waals surface area contributed by atoms with E-state index in [1.54, 1.807) is 24.9 Å². The first kappa shape index (κ1) is 14.5. The van der Waals surface area contributed by atoms with Gasteiger partial charge in [0.25, 0.3) is 0 Å². The zero-order valence-electron chi connectivity index (χ0n) is 12.4. The lowest BCUT2D eigenvalue weighted by Crippen LogP contribution is -2.68. The Balaban J connectivity index is 2.33. The van der Waals surface area contributed by atoms with Gasteiger partial charge in [0.1, 0.15) is 11.6 Å².